The highest BCUT2D eigenvalue weighted by molar-refractivity contribution is 7.16. The Morgan fingerprint density at radius 1 is 1.33 bits per heavy atom. The van der Waals surface area contributed by atoms with Gasteiger partial charge in [0.05, 0.1) is 11.6 Å². The van der Waals surface area contributed by atoms with Crippen LogP contribution >= 0.6 is 11.3 Å². The number of aromatic nitrogens is 1. The molecule has 0 aliphatic carbocycles. The standard InChI is InChI=1S/C14H18N2OS/c1-3-6-12-16-13(14(15)18-12)10-7-5-8-11(9-10)17-4-2/h5,7-9H,3-4,6,15H2,1-2H3. The fraction of sp³-hybridized carbons (Fsp3) is 0.357. The summed E-state index contributed by atoms with van der Waals surface area (Å²) in [7, 11) is 0. The maximum Gasteiger partial charge on any atom is 0.119 e. The van der Waals surface area contributed by atoms with Crippen molar-refractivity contribution in [3.05, 3.63) is 29.3 Å². The minimum Gasteiger partial charge on any atom is -0.494 e. The number of aryl methyl sites for hydroxylation is 1. The van der Waals surface area contributed by atoms with E-state index < -0.39 is 0 Å². The molecule has 0 radical (unpaired) electrons. The lowest BCUT2D eigenvalue weighted by molar-refractivity contribution is 0.340. The highest BCUT2D eigenvalue weighted by Crippen LogP contribution is 2.32. The van der Waals surface area contributed by atoms with E-state index in [0.29, 0.717) is 6.61 Å². The second-order valence-corrected chi connectivity index (χ2v) is 5.15. The Morgan fingerprint density at radius 2 is 2.17 bits per heavy atom. The molecule has 0 fully saturated rings. The Bertz CT molecular complexity index is 522. The van der Waals surface area contributed by atoms with E-state index in [4.69, 9.17) is 10.5 Å². The molecule has 0 atom stereocenters. The number of thiazole rings is 1. The van der Waals surface area contributed by atoms with Gasteiger partial charge in [0.15, 0.2) is 0 Å². The molecule has 0 aliphatic rings. The Balaban J connectivity index is 2.32. The van der Waals surface area contributed by atoms with Crippen molar-refractivity contribution in [2.45, 2.75) is 26.7 Å². The largest absolute Gasteiger partial charge is 0.494 e. The number of nitrogens with zero attached hydrogens (tertiary/aromatic N) is 1. The second-order valence-electron chi connectivity index (χ2n) is 4.03. The van der Waals surface area contributed by atoms with Gasteiger partial charge in [0.2, 0.25) is 0 Å². The zero-order valence-electron chi connectivity index (χ0n) is 10.8. The molecule has 0 unspecified atom stereocenters. The molecule has 1 heterocycles. The molecular weight excluding hydrogens is 244 g/mol. The summed E-state index contributed by atoms with van der Waals surface area (Å²) in [6, 6.07) is 7.93. The third kappa shape index (κ3) is 2.82. The van der Waals surface area contributed by atoms with Gasteiger partial charge < -0.3 is 10.5 Å². The summed E-state index contributed by atoms with van der Waals surface area (Å²) in [5, 5.41) is 1.89. The predicted octanol–water partition coefficient (Wildman–Crippen LogP) is 3.74. The van der Waals surface area contributed by atoms with Gasteiger partial charge in [-0.25, -0.2) is 4.98 Å². The summed E-state index contributed by atoms with van der Waals surface area (Å²) in [5.41, 5.74) is 7.95. The lowest BCUT2D eigenvalue weighted by Crippen LogP contribution is -1.92. The molecule has 0 spiro atoms. The Kier molecular flexibility index (Phi) is 4.20. The second kappa shape index (κ2) is 5.87. The molecule has 0 bridgehead atoms. The van der Waals surface area contributed by atoms with Crippen LogP contribution in [-0.4, -0.2) is 11.6 Å². The monoisotopic (exact) mass is 262 g/mol. The van der Waals surface area contributed by atoms with Crippen LogP contribution in [0.4, 0.5) is 5.00 Å². The average Bonchev–Trinajstić information content (AvgIpc) is 2.72. The molecule has 0 saturated carbocycles. The Labute approximate surface area is 112 Å². The molecule has 18 heavy (non-hydrogen) atoms. The van der Waals surface area contributed by atoms with Crippen molar-refractivity contribution in [3.63, 3.8) is 0 Å². The first-order chi connectivity index (χ1) is 8.74. The summed E-state index contributed by atoms with van der Waals surface area (Å²) in [6.45, 7) is 4.79. The van der Waals surface area contributed by atoms with Crippen LogP contribution in [0.2, 0.25) is 0 Å². The van der Waals surface area contributed by atoms with Crippen LogP contribution in [0.25, 0.3) is 11.3 Å². The SMILES string of the molecule is CCCc1nc(-c2cccc(OCC)c2)c(N)s1. The van der Waals surface area contributed by atoms with Crippen molar-refractivity contribution in [1.82, 2.24) is 4.98 Å². The zero-order valence-corrected chi connectivity index (χ0v) is 11.6. The molecule has 1 aromatic heterocycles. The molecule has 3 nitrogen and oxygen atoms in total. The minimum atomic E-state index is 0.664. The third-order valence-corrected chi connectivity index (χ3v) is 3.52. The van der Waals surface area contributed by atoms with Gasteiger partial charge in [0, 0.05) is 5.56 Å². The molecule has 2 N–H and O–H groups in total. The fourth-order valence-corrected chi connectivity index (χ4v) is 2.76. The van der Waals surface area contributed by atoms with Crippen LogP contribution in [0, 0.1) is 0 Å². The Morgan fingerprint density at radius 3 is 2.89 bits per heavy atom. The number of rotatable bonds is 5. The van der Waals surface area contributed by atoms with Crippen molar-refractivity contribution in [2.24, 2.45) is 0 Å². The first-order valence-corrected chi connectivity index (χ1v) is 7.04. The van der Waals surface area contributed by atoms with Gasteiger partial charge in [-0.1, -0.05) is 19.1 Å². The van der Waals surface area contributed by atoms with Crippen LogP contribution in [0.1, 0.15) is 25.3 Å². The van der Waals surface area contributed by atoms with E-state index in [1.54, 1.807) is 11.3 Å². The smallest absolute Gasteiger partial charge is 0.119 e. The maximum absolute atomic E-state index is 6.04. The van der Waals surface area contributed by atoms with Gasteiger partial charge in [-0.3, -0.25) is 0 Å². The van der Waals surface area contributed by atoms with E-state index >= 15 is 0 Å². The molecule has 96 valence electrons. The zero-order chi connectivity index (χ0) is 13.0. The number of hydrogen-bond acceptors (Lipinski definition) is 4. The van der Waals surface area contributed by atoms with Crippen molar-refractivity contribution in [1.29, 1.82) is 0 Å². The number of benzene rings is 1. The summed E-state index contributed by atoms with van der Waals surface area (Å²) in [6.07, 6.45) is 2.07. The van der Waals surface area contributed by atoms with Crippen molar-refractivity contribution >= 4 is 16.3 Å². The van der Waals surface area contributed by atoms with E-state index in [9.17, 15) is 0 Å². The number of anilines is 1. The van der Waals surface area contributed by atoms with Crippen molar-refractivity contribution < 1.29 is 4.74 Å². The molecule has 0 amide bonds. The van der Waals surface area contributed by atoms with Gasteiger partial charge in [-0.2, -0.15) is 0 Å². The van der Waals surface area contributed by atoms with E-state index in [1.807, 2.05) is 31.2 Å². The minimum absolute atomic E-state index is 0.664. The molecule has 4 heteroatoms. The van der Waals surface area contributed by atoms with Gasteiger partial charge in [0.1, 0.15) is 16.4 Å². The number of ether oxygens (including phenoxy) is 1. The van der Waals surface area contributed by atoms with E-state index in [-0.39, 0.29) is 0 Å². The van der Waals surface area contributed by atoms with Gasteiger partial charge in [-0.15, -0.1) is 11.3 Å². The average molecular weight is 262 g/mol. The first kappa shape index (κ1) is 12.9. The molecule has 0 saturated heterocycles. The molecule has 0 aliphatic heterocycles. The summed E-state index contributed by atoms with van der Waals surface area (Å²) < 4.78 is 5.50. The maximum atomic E-state index is 6.04. The van der Waals surface area contributed by atoms with Crippen LogP contribution in [0.15, 0.2) is 24.3 Å². The highest BCUT2D eigenvalue weighted by Gasteiger charge is 2.10. The van der Waals surface area contributed by atoms with Crippen LogP contribution in [0.5, 0.6) is 5.75 Å². The summed E-state index contributed by atoms with van der Waals surface area (Å²) >= 11 is 1.58. The molecule has 1 aromatic carbocycles. The van der Waals surface area contributed by atoms with E-state index in [1.165, 1.54) is 0 Å². The lowest BCUT2D eigenvalue weighted by Gasteiger charge is -2.04. The van der Waals surface area contributed by atoms with E-state index in [0.717, 1.165) is 39.9 Å². The molecular formula is C14H18N2OS. The number of nitrogens with two attached hydrogens (primary N) is 1. The Hall–Kier alpha value is -1.55. The summed E-state index contributed by atoms with van der Waals surface area (Å²) in [4.78, 5) is 4.61. The summed E-state index contributed by atoms with van der Waals surface area (Å²) in [5.74, 6) is 0.861. The number of nitrogen functional groups attached to an aromatic ring is 1. The lowest BCUT2D eigenvalue weighted by atomic mass is 10.1. The van der Waals surface area contributed by atoms with Crippen LogP contribution < -0.4 is 10.5 Å². The number of hydrogen-bond donors (Lipinski definition) is 1. The van der Waals surface area contributed by atoms with Gasteiger partial charge >= 0.3 is 0 Å². The van der Waals surface area contributed by atoms with Crippen LogP contribution in [-0.2, 0) is 6.42 Å². The first-order valence-electron chi connectivity index (χ1n) is 6.23. The predicted molar refractivity (Wildman–Crippen MR) is 77.1 cm³/mol. The van der Waals surface area contributed by atoms with E-state index in [2.05, 4.69) is 11.9 Å². The molecule has 2 aromatic rings. The van der Waals surface area contributed by atoms with Gasteiger partial charge in [0.25, 0.3) is 0 Å². The van der Waals surface area contributed by atoms with Gasteiger partial charge in [-0.05, 0) is 31.9 Å². The highest BCUT2D eigenvalue weighted by atomic mass is 32.1. The normalized spacial score (nSPS) is 10.6. The third-order valence-electron chi connectivity index (χ3n) is 2.58. The topological polar surface area (TPSA) is 48.1 Å². The fourth-order valence-electron chi connectivity index (χ4n) is 1.81. The van der Waals surface area contributed by atoms with Crippen molar-refractivity contribution in [3.8, 4) is 17.0 Å². The quantitative estimate of drug-likeness (QED) is 0.892. The van der Waals surface area contributed by atoms with Crippen molar-refractivity contribution in [2.75, 3.05) is 12.3 Å². The molecule has 2 rings (SSSR count). The van der Waals surface area contributed by atoms with Crippen LogP contribution in [0.3, 0.4) is 0 Å².